The van der Waals surface area contributed by atoms with Gasteiger partial charge < -0.3 is 54.8 Å². The van der Waals surface area contributed by atoms with Crippen molar-refractivity contribution in [3.8, 4) is 0 Å². The second-order valence-electron chi connectivity index (χ2n) is 0.896. The van der Waals surface area contributed by atoms with Crippen molar-refractivity contribution in [1.29, 1.82) is 0 Å². The summed E-state index contributed by atoms with van der Waals surface area (Å²) in [6, 6.07) is 0. The van der Waals surface area contributed by atoms with Crippen molar-refractivity contribution in [3.05, 3.63) is 0 Å². The van der Waals surface area contributed by atoms with Gasteiger partial charge in [0.1, 0.15) is 0 Å². The van der Waals surface area contributed by atoms with Crippen LogP contribution in [0.3, 0.4) is 0 Å². The molecule has 148 valence electrons. The van der Waals surface area contributed by atoms with Gasteiger partial charge in [-0.2, -0.15) is 16.8 Å². The van der Waals surface area contributed by atoms with Crippen LogP contribution in [0.2, 0.25) is 0 Å². The minimum atomic E-state index is -4.67. The first-order valence-electron chi connectivity index (χ1n) is 1.40. The molecule has 0 fully saturated rings. The maximum absolute atomic E-state index is 8.74. The van der Waals surface area contributed by atoms with Crippen molar-refractivity contribution in [2.24, 2.45) is 0 Å². The van der Waals surface area contributed by atoms with E-state index in [9.17, 15) is 0 Å². The Morgan fingerprint density at radius 1 is 0.364 bits per heavy atom. The number of hydrogen-bond acceptors (Lipinski definition) is 4. The first-order chi connectivity index (χ1) is 4.00. The van der Waals surface area contributed by atoms with Crippen LogP contribution in [-0.4, -0.2) is 149 Å². The summed E-state index contributed by atoms with van der Waals surface area (Å²) in [5, 5.41) is 0. The van der Waals surface area contributed by atoms with Crippen molar-refractivity contribution in [3.63, 3.8) is 0 Å². The second-order valence-corrected chi connectivity index (χ2v) is 2.69. The van der Waals surface area contributed by atoms with E-state index in [1.807, 2.05) is 0 Å². The molecule has 0 rings (SSSR count). The molecule has 22 heteroatoms. The summed E-state index contributed by atoms with van der Waals surface area (Å²) in [4.78, 5) is 0. The van der Waals surface area contributed by atoms with Gasteiger partial charge in [0.25, 0.3) is 0 Å². The molecule has 0 aromatic rings. The van der Waals surface area contributed by atoms with Crippen LogP contribution in [0, 0.1) is 0 Å². The molecule has 0 atom stereocenters. The standard InChI is InChI=1S/2Na.2H2O4S.10H2O.2H/c;;2*1-5(2,3)4;;;;;;;;;;;;/h;;2*(H2,1,2,3,4);10*1H2;;. The van der Waals surface area contributed by atoms with Crippen LogP contribution in [0.15, 0.2) is 0 Å². The van der Waals surface area contributed by atoms with Gasteiger partial charge in [0.2, 0.25) is 0 Å². The van der Waals surface area contributed by atoms with E-state index >= 15 is 0 Å². The molecule has 0 radical (unpaired) electrons. The van der Waals surface area contributed by atoms with E-state index in [0.29, 0.717) is 0 Å². The van der Waals surface area contributed by atoms with Gasteiger partial charge >= 0.3 is 79.9 Å². The summed E-state index contributed by atoms with van der Waals surface area (Å²) >= 11 is 0. The SMILES string of the molecule is O.O.O.O.O.O.O.O.O.O.O=S(=O)(O)O.O=S(=O)(O)O.[NaH].[NaH]. The first kappa shape index (κ1) is 134. The maximum atomic E-state index is 8.74. The predicted octanol–water partition coefficient (Wildman–Crippen LogP) is -10.8. The van der Waals surface area contributed by atoms with Gasteiger partial charge in [0.05, 0.1) is 0 Å². The number of rotatable bonds is 0. The molecule has 0 aliphatic heterocycles. The normalized spacial score (nSPS) is 5.27. The van der Waals surface area contributed by atoms with E-state index in [2.05, 4.69) is 0 Å². The van der Waals surface area contributed by atoms with Gasteiger partial charge in [-0.3, -0.25) is 18.2 Å². The van der Waals surface area contributed by atoms with Crippen molar-refractivity contribution in [1.82, 2.24) is 0 Å². The predicted molar refractivity (Wildman–Crippen MR) is 78.8 cm³/mol. The molecule has 0 bridgehead atoms. The molecular formula is H26Na2O18S2. The molecule has 18 nitrogen and oxygen atoms in total. The van der Waals surface area contributed by atoms with Crippen LogP contribution in [0.25, 0.3) is 0 Å². The van der Waals surface area contributed by atoms with Crippen molar-refractivity contribution >= 4 is 79.9 Å². The molecule has 0 saturated heterocycles. The van der Waals surface area contributed by atoms with E-state index in [1.54, 1.807) is 0 Å². The Bertz CT molecular complexity index is 215. The Morgan fingerprint density at radius 2 is 0.364 bits per heavy atom. The third-order valence-corrected chi connectivity index (χ3v) is 0. The monoisotopic (exact) mass is 424 g/mol. The molecule has 0 aromatic carbocycles. The molecule has 22 heavy (non-hydrogen) atoms. The second kappa shape index (κ2) is 57.2. The molecule has 0 unspecified atom stereocenters. The Balaban J connectivity index is -0.00000000314. The summed E-state index contributed by atoms with van der Waals surface area (Å²) in [5.74, 6) is 0. The van der Waals surface area contributed by atoms with E-state index < -0.39 is 20.8 Å². The average molecular weight is 424 g/mol. The van der Waals surface area contributed by atoms with E-state index in [4.69, 9.17) is 35.0 Å². The summed E-state index contributed by atoms with van der Waals surface area (Å²) < 4.78 is 63.2. The van der Waals surface area contributed by atoms with Gasteiger partial charge in [-0.15, -0.1) is 0 Å². The third kappa shape index (κ3) is 4920. The Labute approximate surface area is 168 Å². The fraction of sp³-hybridized carbons (Fsp3) is 0. The molecule has 24 N–H and O–H groups in total. The van der Waals surface area contributed by atoms with Crippen LogP contribution >= 0.6 is 0 Å². The Kier molecular flexibility index (Phi) is 347. The van der Waals surface area contributed by atoms with Crippen molar-refractivity contribution < 1.29 is 89.8 Å². The quantitative estimate of drug-likeness (QED) is 0.213. The van der Waals surface area contributed by atoms with E-state index in [-0.39, 0.29) is 114 Å². The molecule has 0 aliphatic rings. The van der Waals surface area contributed by atoms with Crippen molar-refractivity contribution in [2.45, 2.75) is 0 Å². The van der Waals surface area contributed by atoms with Crippen LogP contribution < -0.4 is 0 Å². The molecular weight excluding hydrogens is 398 g/mol. The molecule has 0 amide bonds. The first-order valence-corrected chi connectivity index (χ1v) is 4.19. The van der Waals surface area contributed by atoms with Crippen LogP contribution in [-0.2, 0) is 20.8 Å². The fourth-order valence-corrected chi connectivity index (χ4v) is 0. The summed E-state index contributed by atoms with van der Waals surface area (Å²) in [7, 11) is -9.33. The van der Waals surface area contributed by atoms with Gasteiger partial charge in [-0.1, -0.05) is 0 Å². The van der Waals surface area contributed by atoms with E-state index in [1.165, 1.54) is 0 Å². The van der Waals surface area contributed by atoms with Gasteiger partial charge in [-0.25, -0.2) is 0 Å². The zero-order valence-electron chi connectivity index (χ0n) is 9.24. The van der Waals surface area contributed by atoms with Gasteiger partial charge in [-0.05, 0) is 0 Å². The fourth-order valence-electron chi connectivity index (χ4n) is 0. The van der Waals surface area contributed by atoms with Crippen LogP contribution in [0.5, 0.6) is 0 Å². The molecule has 0 aliphatic carbocycles. The third-order valence-electron chi connectivity index (χ3n) is 0. The van der Waals surface area contributed by atoms with Crippen molar-refractivity contribution in [2.75, 3.05) is 0 Å². The number of hydrogen-bond donors (Lipinski definition) is 4. The summed E-state index contributed by atoms with van der Waals surface area (Å²) in [6.07, 6.45) is 0. The molecule has 0 saturated carbocycles. The average Bonchev–Trinajstić information content (AvgIpc) is 1.12. The molecule has 0 heterocycles. The summed E-state index contributed by atoms with van der Waals surface area (Å²) in [6.45, 7) is 0. The van der Waals surface area contributed by atoms with Crippen LogP contribution in [0.4, 0.5) is 0 Å². The Hall–Kier alpha value is 1.34. The van der Waals surface area contributed by atoms with Gasteiger partial charge in [0.15, 0.2) is 0 Å². The van der Waals surface area contributed by atoms with Crippen LogP contribution in [0.1, 0.15) is 0 Å². The molecule has 0 aromatic heterocycles. The zero-order chi connectivity index (χ0) is 9.00. The topological polar surface area (TPSA) is 464 Å². The Morgan fingerprint density at radius 3 is 0.364 bits per heavy atom. The zero-order valence-corrected chi connectivity index (χ0v) is 10.9. The van der Waals surface area contributed by atoms with E-state index in [0.717, 1.165) is 0 Å². The molecule has 0 spiro atoms. The van der Waals surface area contributed by atoms with Gasteiger partial charge in [0, 0.05) is 0 Å². The minimum absolute atomic E-state index is 0. The summed E-state index contributed by atoms with van der Waals surface area (Å²) in [5.41, 5.74) is 0.